The number of amides is 1. The van der Waals surface area contributed by atoms with Gasteiger partial charge in [0, 0.05) is 35.6 Å². The number of rotatable bonds is 5. The van der Waals surface area contributed by atoms with E-state index in [0.29, 0.717) is 10.9 Å². The molecule has 1 atom stereocenters. The molecule has 1 N–H and O–H groups in total. The van der Waals surface area contributed by atoms with Crippen LogP contribution in [0.1, 0.15) is 23.2 Å². The maximum atomic E-state index is 12.4. The van der Waals surface area contributed by atoms with E-state index in [4.69, 9.17) is 21.4 Å². The van der Waals surface area contributed by atoms with Crippen LogP contribution >= 0.6 is 11.6 Å². The summed E-state index contributed by atoms with van der Waals surface area (Å²) in [6, 6.07) is 13.0. The number of nitrogens with one attached hydrogen (secondary N) is 1. The Labute approximate surface area is 196 Å². The maximum absolute atomic E-state index is 12.4. The number of halogens is 1. The first-order chi connectivity index (χ1) is 16.1. The van der Waals surface area contributed by atoms with E-state index in [0.717, 1.165) is 52.8 Å². The molecule has 0 aliphatic heterocycles. The molecule has 1 aliphatic rings. The molecular formula is C25H22ClN5O2. The van der Waals surface area contributed by atoms with Crippen molar-refractivity contribution in [2.45, 2.75) is 25.3 Å². The molecule has 5 rings (SSSR count). The fraction of sp³-hybridized carbons (Fsp3) is 0.200. The van der Waals surface area contributed by atoms with Crippen molar-refractivity contribution in [2.24, 2.45) is 0 Å². The molecule has 166 valence electrons. The first-order valence-corrected chi connectivity index (χ1v) is 11.1. The molecule has 0 saturated heterocycles. The van der Waals surface area contributed by atoms with Crippen LogP contribution in [0.2, 0.25) is 5.02 Å². The molecule has 0 radical (unpaired) electrons. The molecule has 8 heteroatoms. The second-order valence-electron chi connectivity index (χ2n) is 7.93. The zero-order valence-electron chi connectivity index (χ0n) is 18.0. The van der Waals surface area contributed by atoms with Crippen LogP contribution in [0.3, 0.4) is 0 Å². The van der Waals surface area contributed by atoms with Crippen LogP contribution in [0.25, 0.3) is 22.8 Å². The summed E-state index contributed by atoms with van der Waals surface area (Å²) in [5.74, 6) is 0.412. The smallest absolute Gasteiger partial charge is 0.244 e. The van der Waals surface area contributed by atoms with Crippen molar-refractivity contribution in [1.82, 2.24) is 25.1 Å². The second kappa shape index (κ2) is 9.03. The summed E-state index contributed by atoms with van der Waals surface area (Å²) in [5, 5.41) is 8.54. The summed E-state index contributed by atoms with van der Waals surface area (Å²) < 4.78 is 7.13. The standard InChI is InChI=1S/C25H22ClN5O2/c1-33-24-10-8-21-25(29-24)22(11-12-27-21)31-15-17-14-19(6-7-20(17)30-31)28-23(32)9-5-16-3-2-4-18(26)13-16/h2-5,8-13,15,19H,6-7,14H2,1H3,(H,28,32)/b9-5+. The summed E-state index contributed by atoms with van der Waals surface area (Å²) in [5.41, 5.74) is 5.41. The van der Waals surface area contributed by atoms with Crippen molar-refractivity contribution in [2.75, 3.05) is 7.11 Å². The molecule has 1 aliphatic carbocycles. The summed E-state index contributed by atoms with van der Waals surface area (Å²) >= 11 is 6.00. The zero-order chi connectivity index (χ0) is 22.8. The lowest BCUT2D eigenvalue weighted by molar-refractivity contribution is -0.117. The molecule has 3 heterocycles. The van der Waals surface area contributed by atoms with Crippen LogP contribution in [0.4, 0.5) is 0 Å². The Hall–Kier alpha value is -3.71. The second-order valence-corrected chi connectivity index (χ2v) is 8.37. The van der Waals surface area contributed by atoms with Crippen molar-refractivity contribution in [1.29, 1.82) is 0 Å². The van der Waals surface area contributed by atoms with E-state index in [-0.39, 0.29) is 11.9 Å². The number of aryl methyl sites for hydroxylation is 1. The van der Waals surface area contributed by atoms with Gasteiger partial charge in [-0.15, -0.1) is 0 Å². The van der Waals surface area contributed by atoms with Crippen LogP contribution in [-0.4, -0.2) is 38.8 Å². The van der Waals surface area contributed by atoms with Crippen LogP contribution in [-0.2, 0) is 17.6 Å². The van der Waals surface area contributed by atoms with Gasteiger partial charge in [0.15, 0.2) is 0 Å². The van der Waals surface area contributed by atoms with E-state index >= 15 is 0 Å². The van der Waals surface area contributed by atoms with Gasteiger partial charge in [0.25, 0.3) is 0 Å². The number of carbonyl (C=O) groups is 1. The Morgan fingerprint density at radius 1 is 1.27 bits per heavy atom. The van der Waals surface area contributed by atoms with Crippen molar-refractivity contribution >= 4 is 34.6 Å². The lowest BCUT2D eigenvalue weighted by Crippen LogP contribution is -2.37. The van der Waals surface area contributed by atoms with Gasteiger partial charge in [-0.05, 0) is 60.7 Å². The van der Waals surface area contributed by atoms with Crippen LogP contribution in [0.15, 0.2) is 60.9 Å². The molecule has 0 fully saturated rings. The predicted molar refractivity (Wildman–Crippen MR) is 128 cm³/mol. The molecular weight excluding hydrogens is 438 g/mol. The minimum Gasteiger partial charge on any atom is -0.481 e. The number of benzene rings is 1. The molecule has 1 unspecified atom stereocenters. The highest BCUT2D eigenvalue weighted by molar-refractivity contribution is 6.30. The number of ether oxygens (including phenoxy) is 1. The highest BCUT2D eigenvalue weighted by atomic mass is 35.5. The van der Waals surface area contributed by atoms with E-state index in [9.17, 15) is 4.79 Å². The van der Waals surface area contributed by atoms with E-state index < -0.39 is 0 Å². The third kappa shape index (κ3) is 4.59. The van der Waals surface area contributed by atoms with Gasteiger partial charge in [-0.2, -0.15) is 5.10 Å². The third-order valence-corrected chi connectivity index (χ3v) is 5.92. The van der Waals surface area contributed by atoms with Gasteiger partial charge in [0.1, 0.15) is 5.52 Å². The van der Waals surface area contributed by atoms with Gasteiger partial charge in [-0.25, -0.2) is 9.67 Å². The van der Waals surface area contributed by atoms with Gasteiger partial charge in [-0.3, -0.25) is 9.78 Å². The molecule has 4 aromatic rings. The number of hydrogen-bond donors (Lipinski definition) is 1. The molecule has 7 nitrogen and oxygen atoms in total. The number of carbonyl (C=O) groups excluding carboxylic acids is 1. The van der Waals surface area contributed by atoms with Crippen LogP contribution in [0, 0.1) is 0 Å². The highest BCUT2D eigenvalue weighted by Crippen LogP contribution is 2.25. The average Bonchev–Trinajstić information content (AvgIpc) is 3.25. The Morgan fingerprint density at radius 2 is 2.18 bits per heavy atom. The van der Waals surface area contributed by atoms with Gasteiger partial charge in [0.2, 0.25) is 11.8 Å². The minimum absolute atomic E-state index is 0.0547. The van der Waals surface area contributed by atoms with Crippen molar-refractivity contribution < 1.29 is 9.53 Å². The van der Waals surface area contributed by atoms with Crippen molar-refractivity contribution in [3.63, 3.8) is 0 Å². The molecule has 33 heavy (non-hydrogen) atoms. The summed E-state index contributed by atoms with van der Waals surface area (Å²) in [4.78, 5) is 21.4. The molecule has 0 bridgehead atoms. The number of aromatic nitrogens is 4. The quantitative estimate of drug-likeness (QED) is 0.453. The van der Waals surface area contributed by atoms with Crippen LogP contribution in [0.5, 0.6) is 5.88 Å². The lowest BCUT2D eigenvalue weighted by atomic mass is 9.93. The minimum atomic E-state index is -0.118. The average molecular weight is 460 g/mol. The molecule has 3 aromatic heterocycles. The van der Waals surface area contributed by atoms with Gasteiger partial charge in [-0.1, -0.05) is 23.7 Å². The first-order valence-electron chi connectivity index (χ1n) is 10.7. The lowest BCUT2D eigenvalue weighted by Gasteiger charge is -2.21. The largest absolute Gasteiger partial charge is 0.481 e. The number of hydrogen-bond acceptors (Lipinski definition) is 5. The summed E-state index contributed by atoms with van der Waals surface area (Å²) in [7, 11) is 1.59. The van der Waals surface area contributed by atoms with Gasteiger partial charge >= 0.3 is 0 Å². The Balaban J connectivity index is 1.32. The number of nitrogens with zero attached hydrogens (tertiary/aromatic N) is 4. The topological polar surface area (TPSA) is 81.9 Å². The predicted octanol–water partition coefficient (Wildman–Crippen LogP) is 4.16. The fourth-order valence-electron chi connectivity index (χ4n) is 4.08. The zero-order valence-corrected chi connectivity index (χ0v) is 18.8. The first kappa shape index (κ1) is 21.2. The molecule has 0 spiro atoms. The molecule has 1 aromatic carbocycles. The Morgan fingerprint density at radius 3 is 3.03 bits per heavy atom. The summed E-state index contributed by atoms with van der Waals surface area (Å²) in [6.07, 6.45) is 9.45. The number of methoxy groups -OCH3 is 1. The van der Waals surface area contributed by atoms with E-state index in [1.54, 1.807) is 37.6 Å². The van der Waals surface area contributed by atoms with Gasteiger partial charge < -0.3 is 10.1 Å². The summed E-state index contributed by atoms with van der Waals surface area (Å²) in [6.45, 7) is 0. The normalized spacial score (nSPS) is 15.5. The Kier molecular flexibility index (Phi) is 5.79. The van der Waals surface area contributed by atoms with E-state index in [2.05, 4.69) is 15.3 Å². The molecule has 1 amide bonds. The van der Waals surface area contributed by atoms with E-state index in [1.165, 1.54) is 0 Å². The van der Waals surface area contributed by atoms with E-state index in [1.807, 2.05) is 41.2 Å². The monoisotopic (exact) mass is 459 g/mol. The maximum Gasteiger partial charge on any atom is 0.244 e. The van der Waals surface area contributed by atoms with Crippen LogP contribution < -0.4 is 10.1 Å². The van der Waals surface area contributed by atoms with Gasteiger partial charge in [0.05, 0.1) is 24.0 Å². The highest BCUT2D eigenvalue weighted by Gasteiger charge is 2.23. The Bertz CT molecular complexity index is 1360. The number of pyridine rings is 2. The fourth-order valence-corrected chi connectivity index (χ4v) is 4.27. The van der Waals surface area contributed by atoms with Crippen molar-refractivity contribution in [3.8, 4) is 11.6 Å². The molecule has 0 saturated carbocycles. The third-order valence-electron chi connectivity index (χ3n) is 5.69. The number of fused-ring (bicyclic) bond motifs is 2. The SMILES string of the molecule is COc1ccc2nccc(-n3cc4c(n3)CCC(NC(=O)/C=C/c3cccc(Cl)c3)C4)c2n1. The van der Waals surface area contributed by atoms with Crippen molar-refractivity contribution in [3.05, 3.63) is 82.8 Å².